The van der Waals surface area contributed by atoms with Crippen molar-refractivity contribution in [3.63, 3.8) is 0 Å². The molecule has 12 heavy (non-hydrogen) atoms. The molecule has 0 radical (unpaired) electrons. The van der Waals surface area contributed by atoms with Gasteiger partial charge in [-0.2, -0.15) is 0 Å². The quantitative estimate of drug-likeness (QED) is 0.249. The molecule has 74 valence electrons. The van der Waals surface area contributed by atoms with Gasteiger partial charge in [0, 0.05) is 5.33 Å². The molecule has 0 rings (SSSR count). The normalized spacial score (nSPS) is 11.5. The fraction of sp³-hybridized carbons (Fsp3) is 1.00. The minimum Gasteiger partial charge on any atom is -0.352 e. The molecule has 0 spiro atoms. The van der Waals surface area contributed by atoms with Gasteiger partial charge in [0.05, 0.1) is 13.1 Å². The molecule has 0 saturated heterocycles. The number of unbranched alkanes of at least 4 members (excludes halogenated alkanes) is 5. The molecule has 0 aliphatic heterocycles. The largest absolute Gasteiger partial charge is 0.352 e. The van der Waals surface area contributed by atoms with Gasteiger partial charge in [-0.15, -0.1) is 0 Å². The molecule has 0 N–H and O–H groups in total. The van der Waals surface area contributed by atoms with E-state index in [1.54, 1.807) is 0 Å². The van der Waals surface area contributed by atoms with Crippen LogP contribution in [0.4, 0.5) is 0 Å². The monoisotopic (exact) mass is 366 g/mol. The molecule has 0 aliphatic carbocycles. The number of halogens is 2. The number of hydrogen-bond acceptors (Lipinski definition) is 1. The summed E-state index contributed by atoms with van der Waals surface area (Å²) in [7, 11) is 0. The van der Waals surface area contributed by atoms with Crippen molar-refractivity contribution in [1.82, 2.24) is 0 Å². The second-order valence-electron chi connectivity index (χ2n) is 2.74. The van der Waals surface area contributed by atoms with Gasteiger partial charge in [0.1, 0.15) is 0 Å². The summed E-state index contributed by atoms with van der Waals surface area (Å²) in [5.74, 6) is 0. The maximum absolute atomic E-state index is 5.27. The average Bonchev–Trinajstić information content (AvgIpc) is 2.10. The van der Waals surface area contributed by atoms with Crippen molar-refractivity contribution >= 4 is 44.4 Å². The van der Waals surface area contributed by atoms with Crippen molar-refractivity contribution in [1.29, 1.82) is 0 Å². The van der Waals surface area contributed by atoms with E-state index in [4.69, 9.17) is 4.52 Å². The van der Waals surface area contributed by atoms with E-state index >= 15 is 0 Å². The van der Waals surface area contributed by atoms with Crippen LogP contribution in [0.25, 0.3) is 0 Å². The number of alkyl halides is 1. The highest BCUT2D eigenvalue weighted by molar-refractivity contribution is 14.2. The molecule has 0 amide bonds. The summed E-state index contributed by atoms with van der Waals surface area (Å²) in [6.45, 7) is 1.59. The number of rotatable bonds is 9. The van der Waals surface area contributed by atoms with Crippen molar-refractivity contribution in [3.05, 3.63) is 0 Å². The fourth-order valence-electron chi connectivity index (χ4n) is 1.01. The van der Waals surface area contributed by atoms with E-state index in [0.29, 0.717) is 6.45 Å². The number of hydrogen-bond donors (Lipinski definition) is 0. The third-order valence-corrected chi connectivity index (χ3v) is 3.49. The molecule has 1 unspecified atom stereocenters. The third-order valence-electron chi connectivity index (χ3n) is 1.68. The van der Waals surface area contributed by atoms with Gasteiger partial charge in [-0.1, -0.05) is 41.6 Å². The Morgan fingerprint density at radius 1 is 1.00 bits per heavy atom. The molecular formula is C8H17BrIOP. The zero-order chi connectivity index (χ0) is 9.07. The van der Waals surface area contributed by atoms with Crippen LogP contribution in [-0.4, -0.2) is 11.9 Å². The minimum atomic E-state index is 0.634. The Labute approximate surface area is 98.9 Å². The molecule has 1 nitrogen and oxygen atoms in total. The summed E-state index contributed by atoms with van der Waals surface area (Å²) in [5, 5.41) is 1.16. The molecule has 0 aromatic rings. The van der Waals surface area contributed by atoms with Crippen LogP contribution >= 0.6 is 44.4 Å². The van der Waals surface area contributed by atoms with E-state index in [-0.39, 0.29) is 0 Å². The highest BCUT2D eigenvalue weighted by Gasteiger charge is 1.90. The summed E-state index contributed by atoms with van der Waals surface area (Å²) in [6, 6.07) is 0. The first kappa shape index (κ1) is 13.6. The molecule has 0 aromatic heterocycles. The Morgan fingerprint density at radius 2 is 1.58 bits per heavy atom. The second-order valence-corrected chi connectivity index (χ2v) is 5.29. The van der Waals surface area contributed by atoms with Crippen molar-refractivity contribution in [2.24, 2.45) is 0 Å². The highest BCUT2D eigenvalue weighted by atomic mass is 127. The molecule has 0 bridgehead atoms. The van der Waals surface area contributed by atoms with Crippen molar-refractivity contribution in [2.75, 3.05) is 11.9 Å². The fourth-order valence-corrected chi connectivity index (χ4v) is 2.29. The summed E-state index contributed by atoms with van der Waals surface area (Å²) in [5.41, 5.74) is 0. The first-order chi connectivity index (χ1) is 5.91. The van der Waals surface area contributed by atoms with Gasteiger partial charge in [-0.05, 0) is 34.9 Å². The lowest BCUT2D eigenvalue weighted by atomic mass is 10.1. The zero-order valence-electron chi connectivity index (χ0n) is 7.32. The van der Waals surface area contributed by atoms with Gasteiger partial charge in [0.2, 0.25) is 0 Å². The SMILES string of the molecule is BrCCCCCCCCOPI. The predicted molar refractivity (Wildman–Crippen MR) is 69.8 cm³/mol. The molecule has 0 saturated carbocycles. The Kier molecular flexibility index (Phi) is 14.3. The summed E-state index contributed by atoms with van der Waals surface area (Å²) in [6.07, 6.45) is 8.04. The van der Waals surface area contributed by atoms with E-state index < -0.39 is 0 Å². The molecule has 0 aromatic carbocycles. The smallest absolute Gasteiger partial charge is 0.0793 e. The first-order valence-electron chi connectivity index (χ1n) is 4.45. The lowest BCUT2D eigenvalue weighted by molar-refractivity contribution is 0.352. The molecule has 1 atom stereocenters. The van der Waals surface area contributed by atoms with Crippen LogP contribution in [0, 0.1) is 0 Å². The molecular weight excluding hydrogens is 350 g/mol. The molecule has 0 fully saturated rings. The Morgan fingerprint density at radius 3 is 2.17 bits per heavy atom. The lowest BCUT2D eigenvalue weighted by Crippen LogP contribution is -1.85. The van der Waals surface area contributed by atoms with Crippen molar-refractivity contribution in [2.45, 2.75) is 38.5 Å². The van der Waals surface area contributed by atoms with Crippen LogP contribution in [0.2, 0.25) is 0 Å². The molecule has 0 aliphatic rings. The van der Waals surface area contributed by atoms with Crippen molar-refractivity contribution < 1.29 is 4.52 Å². The lowest BCUT2D eigenvalue weighted by Gasteiger charge is -2.00. The van der Waals surface area contributed by atoms with Crippen LogP contribution in [-0.2, 0) is 4.52 Å². The van der Waals surface area contributed by atoms with Gasteiger partial charge >= 0.3 is 0 Å². The predicted octanol–water partition coefficient (Wildman–Crippen LogP) is 4.68. The Balaban J connectivity index is 2.73. The Hall–Kier alpha value is 1.60. The third kappa shape index (κ3) is 11.6. The van der Waals surface area contributed by atoms with Crippen LogP contribution in [0.5, 0.6) is 0 Å². The zero-order valence-corrected chi connectivity index (χ0v) is 12.1. The van der Waals surface area contributed by atoms with Gasteiger partial charge < -0.3 is 4.52 Å². The van der Waals surface area contributed by atoms with Gasteiger partial charge in [0.15, 0.2) is 0 Å². The second kappa shape index (κ2) is 12.6. The van der Waals surface area contributed by atoms with E-state index in [1.807, 2.05) is 0 Å². The van der Waals surface area contributed by atoms with E-state index in [9.17, 15) is 0 Å². The minimum absolute atomic E-state index is 0.634. The average molecular weight is 367 g/mol. The maximum Gasteiger partial charge on any atom is 0.0793 e. The van der Waals surface area contributed by atoms with Crippen molar-refractivity contribution in [3.8, 4) is 0 Å². The standard InChI is InChI=1S/C8H17BrIOP/c9-7-5-3-1-2-4-6-8-11-12-10/h12H,1-8H2. The Bertz CT molecular complexity index is 75.5. The van der Waals surface area contributed by atoms with E-state index in [2.05, 4.69) is 38.0 Å². The summed E-state index contributed by atoms with van der Waals surface area (Å²) >= 11 is 5.70. The summed E-state index contributed by atoms with van der Waals surface area (Å²) in [4.78, 5) is 0. The van der Waals surface area contributed by atoms with Crippen LogP contribution in [0.3, 0.4) is 0 Å². The van der Waals surface area contributed by atoms with Crippen LogP contribution in [0.1, 0.15) is 38.5 Å². The van der Waals surface area contributed by atoms with Gasteiger partial charge in [0.25, 0.3) is 0 Å². The van der Waals surface area contributed by atoms with Gasteiger partial charge in [-0.3, -0.25) is 0 Å². The molecule has 4 heteroatoms. The first-order valence-corrected chi connectivity index (χ1v) is 9.59. The highest BCUT2D eigenvalue weighted by Crippen LogP contribution is 2.22. The van der Waals surface area contributed by atoms with Crippen LogP contribution < -0.4 is 0 Å². The maximum atomic E-state index is 5.27. The molecule has 0 heterocycles. The van der Waals surface area contributed by atoms with Crippen LogP contribution in [0.15, 0.2) is 0 Å². The summed E-state index contributed by atoms with van der Waals surface area (Å²) < 4.78 is 5.27. The topological polar surface area (TPSA) is 9.23 Å². The van der Waals surface area contributed by atoms with E-state index in [0.717, 1.165) is 11.9 Å². The van der Waals surface area contributed by atoms with Gasteiger partial charge in [-0.25, -0.2) is 0 Å². The van der Waals surface area contributed by atoms with E-state index in [1.165, 1.54) is 38.5 Å².